The largest absolute Gasteiger partial charge is 0.317 e. The molecule has 2 fully saturated rings. The lowest BCUT2D eigenvalue weighted by atomic mass is 9.89. The van der Waals surface area contributed by atoms with Gasteiger partial charge in [0.2, 0.25) is 0 Å². The highest BCUT2D eigenvalue weighted by molar-refractivity contribution is 4.86. The predicted octanol–water partition coefficient (Wildman–Crippen LogP) is 1.15. The van der Waals surface area contributed by atoms with E-state index in [1.54, 1.807) is 0 Å². The van der Waals surface area contributed by atoms with Gasteiger partial charge in [0, 0.05) is 37.8 Å². The van der Waals surface area contributed by atoms with Gasteiger partial charge in [-0.2, -0.15) is 0 Å². The number of rotatable bonds is 2. The zero-order chi connectivity index (χ0) is 11.5. The number of likely N-dealkylation sites (N-methyl/N-ethyl adjacent to an activating group) is 1. The van der Waals surface area contributed by atoms with E-state index in [0.717, 1.165) is 18.1 Å². The Bertz CT molecular complexity index is 211. The molecule has 0 bridgehead atoms. The van der Waals surface area contributed by atoms with Crippen molar-refractivity contribution in [2.24, 2.45) is 0 Å². The average Bonchev–Trinajstić information content (AvgIpc) is 2.33. The molecule has 2 rings (SSSR count). The Kier molecular flexibility index (Phi) is 4.22. The van der Waals surface area contributed by atoms with Gasteiger partial charge in [0.1, 0.15) is 0 Å². The summed E-state index contributed by atoms with van der Waals surface area (Å²) in [6.07, 6.45) is 5.51. The van der Waals surface area contributed by atoms with E-state index in [4.69, 9.17) is 0 Å². The molecule has 1 atom stereocenters. The van der Waals surface area contributed by atoms with Gasteiger partial charge in [-0.15, -0.1) is 0 Å². The molecule has 16 heavy (non-hydrogen) atoms. The first kappa shape index (κ1) is 12.3. The first-order valence-electron chi connectivity index (χ1n) is 6.82. The van der Waals surface area contributed by atoms with Crippen molar-refractivity contribution in [3.05, 3.63) is 0 Å². The number of nitrogens with zero attached hydrogens (tertiary/aromatic N) is 2. The van der Waals surface area contributed by atoms with Crippen LogP contribution < -0.4 is 5.32 Å². The van der Waals surface area contributed by atoms with Crippen LogP contribution in [0, 0.1) is 0 Å². The van der Waals surface area contributed by atoms with E-state index in [9.17, 15) is 0 Å². The molecule has 1 saturated heterocycles. The summed E-state index contributed by atoms with van der Waals surface area (Å²) in [5.74, 6) is 0. The third-order valence-electron chi connectivity index (χ3n) is 4.61. The van der Waals surface area contributed by atoms with Crippen LogP contribution in [0.25, 0.3) is 0 Å². The highest BCUT2D eigenvalue weighted by atomic mass is 15.3. The molecule has 1 aliphatic heterocycles. The molecule has 0 amide bonds. The van der Waals surface area contributed by atoms with Crippen molar-refractivity contribution in [2.45, 2.75) is 50.7 Å². The van der Waals surface area contributed by atoms with Gasteiger partial charge in [-0.3, -0.25) is 4.90 Å². The van der Waals surface area contributed by atoms with Crippen molar-refractivity contribution in [1.82, 2.24) is 15.1 Å². The van der Waals surface area contributed by atoms with E-state index in [1.807, 2.05) is 0 Å². The zero-order valence-electron chi connectivity index (χ0n) is 11.1. The third-order valence-corrected chi connectivity index (χ3v) is 4.61. The fourth-order valence-corrected chi connectivity index (χ4v) is 3.14. The molecule has 0 aromatic carbocycles. The molecule has 0 aromatic heterocycles. The van der Waals surface area contributed by atoms with E-state index in [1.165, 1.54) is 45.3 Å². The van der Waals surface area contributed by atoms with Crippen molar-refractivity contribution in [3.63, 3.8) is 0 Å². The van der Waals surface area contributed by atoms with E-state index < -0.39 is 0 Å². The maximum absolute atomic E-state index is 3.42. The molecule has 0 radical (unpaired) electrons. The van der Waals surface area contributed by atoms with Crippen molar-refractivity contribution in [2.75, 3.05) is 33.7 Å². The summed E-state index contributed by atoms with van der Waals surface area (Å²) in [6.45, 7) is 6.14. The summed E-state index contributed by atoms with van der Waals surface area (Å²) < 4.78 is 0. The number of piperazine rings is 1. The van der Waals surface area contributed by atoms with Crippen molar-refractivity contribution in [1.29, 1.82) is 0 Å². The molecule has 0 spiro atoms. The Morgan fingerprint density at radius 3 is 2.31 bits per heavy atom. The molecule has 94 valence electrons. The van der Waals surface area contributed by atoms with Crippen LogP contribution in [0.4, 0.5) is 0 Å². The van der Waals surface area contributed by atoms with Crippen molar-refractivity contribution >= 4 is 0 Å². The first-order valence-corrected chi connectivity index (χ1v) is 6.82. The van der Waals surface area contributed by atoms with Crippen LogP contribution in [-0.4, -0.2) is 61.7 Å². The number of nitrogens with one attached hydrogen (secondary N) is 1. The summed E-state index contributed by atoms with van der Waals surface area (Å²) in [4.78, 5) is 5.21. The molecule has 1 saturated carbocycles. The lowest BCUT2D eigenvalue weighted by Crippen LogP contribution is -2.54. The minimum absolute atomic E-state index is 0.732. The molecule has 3 heteroatoms. The summed E-state index contributed by atoms with van der Waals surface area (Å²) in [5, 5.41) is 3.42. The highest BCUT2D eigenvalue weighted by Gasteiger charge is 2.29. The second kappa shape index (κ2) is 5.48. The Morgan fingerprint density at radius 1 is 1.06 bits per heavy atom. The second-order valence-electron chi connectivity index (χ2n) is 5.62. The van der Waals surface area contributed by atoms with Gasteiger partial charge >= 0.3 is 0 Å². The lowest BCUT2D eigenvalue weighted by Gasteiger charge is -2.44. The SMILES string of the molecule is CNC1CCC(N2CCN(C)C(C)C2)CC1. The maximum atomic E-state index is 3.42. The van der Waals surface area contributed by atoms with E-state index in [2.05, 4.69) is 36.1 Å². The Morgan fingerprint density at radius 2 is 1.75 bits per heavy atom. The minimum atomic E-state index is 0.732. The average molecular weight is 225 g/mol. The van der Waals surface area contributed by atoms with E-state index >= 15 is 0 Å². The van der Waals surface area contributed by atoms with Crippen molar-refractivity contribution in [3.8, 4) is 0 Å². The molecule has 0 aromatic rings. The molecular weight excluding hydrogens is 198 g/mol. The van der Waals surface area contributed by atoms with E-state index in [-0.39, 0.29) is 0 Å². The van der Waals surface area contributed by atoms with Gasteiger partial charge in [-0.25, -0.2) is 0 Å². The smallest absolute Gasteiger partial charge is 0.0192 e. The fourth-order valence-electron chi connectivity index (χ4n) is 3.14. The van der Waals surface area contributed by atoms with Crippen LogP contribution in [0.5, 0.6) is 0 Å². The molecular formula is C13H27N3. The zero-order valence-corrected chi connectivity index (χ0v) is 11.1. The third kappa shape index (κ3) is 2.76. The first-order chi connectivity index (χ1) is 7.70. The van der Waals surface area contributed by atoms with Gasteiger partial charge in [0.15, 0.2) is 0 Å². The maximum Gasteiger partial charge on any atom is 0.0192 e. The van der Waals surface area contributed by atoms with Crippen molar-refractivity contribution < 1.29 is 0 Å². The topological polar surface area (TPSA) is 18.5 Å². The Labute approximate surface area is 100 Å². The molecule has 3 nitrogen and oxygen atoms in total. The quantitative estimate of drug-likeness (QED) is 0.760. The molecule has 1 N–H and O–H groups in total. The van der Waals surface area contributed by atoms with Crippen LogP contribution in [0.2, 0.25) is 0 Å². The number of hydrogen-bond donors (Lipinski definition) is 1. The summed E-state index contributed by atoms with van der Waals surface area (Å²) >= 11 is 0. The van der Waals surface area contributed by atoms with Gasteiger partial charge < -0.3 is 10.2 Å². The van der Waals surface area contributed by atoms with Crippen LogP contribution in [0.3, 0.4) is 0 Å². The summed E-state index contributed by atoms with van der Waals surface area (Å²) in [6, 6.07) is 2.37. The van der Waals surface area contributed by atoms with Crippen LogP contribution >= 0.6 is 0 Å². The number of hydrogen-bond acceptors (Lipinski definition) is 3. The Hall–Kier alpha value is -0.120. The predicted molar refractivity (Wildman–Crippen MR) is 68.8 cm³/mol. The lowest BCUT2D eigenvalue weighted by molar-refractivity contribution is 0.0541. The standard InChI is InChI=1S/C13H27N3/c1-11-10-16(9-8-15(11)3)13-6-4-12(14-2)5-7-13/h11-14H,4-10H2,1-3H3. The second-order valence-corrected chi connectivity index (χ2v) is 5.62. The molecule has 1 aliphatic carbocycles. The van der Waals surface area contributed by atoms with Crippen LogP contribution in [-0.2, 0) is 0 Å². The fraction of sp³-hybridized carbons (Fsp3) is 1.00. The molecule has 2 aliphatic rings. The summed E-state index contributed by atoms with van der Waals surface area (Å²) in [7, 11) is 4.35. The Balaban J connectivity index is 1.81. The van der Waals surface area contributed by atoms with Gasteiger partial charge in [0.05, 0.1) is 0 Å². The highest BCUT2D eigenvalue weighted by Crippen LogP contribution is 2.24. The van der Waals surface area contributed by atoms with Gasteiger partial charge in [-0.1, -0.05) is 0 Å². The van der Waals surface area contributed by atoms with Gasteiger partial charge in [0.25, 0.3) is 0 Å². The molecule has 1 heterocycles. The summed E-state index contributed by atoms with van der Waals surface area (Å²) in [5.41, 5.74) is 0. The normalized spacial score (nSPS) is 38.8. The minimum Gasteiger partial charge on any atom is -0.317 e. The van der Waals surface area contributed by atoms with E-state index in [0.29, 0.717) is 0 Å². The van der Waals surface area contributed by atoms with Crippen LogP contribution in [0.15, 0.2) is 0 Å². The van der Waals surface area contributed by atoms with Gasteiger partial charge in [-0.05, 0) is 46.7 Å². The van der Waals surface area contributed by atoms with Crippen LogP contribution in [0.1, 0.15) is 32.6 Å². The monoisotopic (exact) mass is 225 g/mol. The molecule has 1 unspecified atom stereocenters.